The van der Waals surface area contributed by atoms with E-state index in [1.54, 1.807) is 25.2 Å². The Balaban J connectivity index is 2.08. The molecule has 2 aromatic carbocycles. The first-order valence-corrected chi connectivity index (χ1v) is 9.51. The third kappa shape index (κ3) is 6.15. The molecule has 0 fully saturated rings. The van der Waals surface area contributed by atoms with Crippen molar-refractivity contribution >= 4 is 35.1 Å². The molecule has 1 amide bonds. The third-order valence-electron chi connectivity index (χ3n) is 3.99. The van der Waals surface area contributed by atoms with Crippen LogP contribution in [-0.2, 0) is 6.54 Å². The number of nitrogens with zero attached hydrogens (tertiary/aromatic N) is 1. The number of guanidine groups is 1. The maximum Gasteiger partial charge on any atom is 0.251 e. The topological polar surface area (TPSA) is 65.5 Å². The molecule has 5 nitrogen and oxygen atoms in total. The number of rotatable bonds is 6. The second-order valence-electron chi connectivity index (χ2n) is 6.00. The van der Waals surface area contributed by atoms with Crippen molar-refractivity contribution in [1.82, 2.24) is 16.0 Å². The second-order valence-corrected chi connectivity index (χ2v) is 6.85. The van der Waals surface area contributed by atoms with Gasteiger partial charge in [0.2, 0.25) is 0 Å². The Morgan fingerprint density at radius 1 is 1.15 bits per heavy atom. The Bertz CT molecular complexity index is 806. The molecule has 0 heterocycles. The van der Waals surface area contributed by atoms with Crippen molar-refractivity contribution < 1.29 is 4.79 Å². The molecule has 144 valence electrons. The molecule has 1 unspecified atom stereocenters. The van der Waals surface area contributed by atoms with E-state index in [2.05, 4.69) is 20.9 Å². The number of benzene rings is 2. The molecule has 0 bridgehead atoms. The summed E-state index contributed by atoms with van der Waals surface area (Å²) in [7, 11) is 1.61. The SMILES string of the molecule is CCNC(=NCc1ccc(C(=O)NC)cc1)NC(C)c1ccc(Cl)cc1Cl. The number of carbonyl (C=O) groups excluding carboxylic acids is 1. The molecule has 0 spiro atoms. The minimum Gasteiger partial charge on any atom is -0.357 e. The summed E-state index contributed by atoms with van der Waals surface area (Å²) in [6, 6.07) is 12.8. The van der Waals surface area contributed by atoms with Crippen molar-refractivity contribution in [2.45, 2.75) is 26.4 Å². The van der Waals surface area contributed by atoms with E-state index in [4.69, 9.17) is 23.2 Å². The van der Waals surface area contributed by atoms with Crippen molar-refractivity contribution in [1.29, 1.82) is 0 Å². The normalized spacial score (nSPS) is 12.4. The van der Waals surface area contributed by atoms with E-state index in [0.29, 0.717) is 28.1 Å². The Morgan fingerprint density at radius 3 is 2.44 bits per heavy atom. The van der Waals surface area contributed by atoms with Crippen LogP contribution in [0, 0.1) is 0 Å². The molecule has 0 aromatic heterocycles. The number of amides is 1. The Morgan fingerprint density at radius 2 is 1.85 bits per heavy atom. The highest BCUT2D eigenvalue weighted by atomic mass is 35.5. The predicted octanol–water partition coefficient (Wildman–Crippen LogP) is 4.17. The first-order valence-electron chi connectivity index (χ1n) is 8.75. The van der Waals surface area contributed by atoms with Crippen LogP contribution in [0.4, 0.5) is 0 Å². The highest BCUT2D eigenvalue weighted by Gasteiger charge is 2.12. The van der Waals surface area contributed by atoms with E-state index in [1.807, 2.05) is 38.1 Å². The van der Waals surface area contributed by atoms with Crippen LogP contribution >= 0.6 is 23.2 Å². The van der Waals surface area contributed by atoms with Gasteiger partial charge in [0.15, 0.2) is 5.96 Å². The van der Waals surface area contributed by atoms with Crippen molar-refractivity contribution in [2.24, 2.45) is 4.99 Å². The monoisotopic (exact) mass is 406 g/mol. The molecule has 0 aliphatic heterocycles. The van der Waals surface area contributed by atoms with E-state index in [1.165, 1.54) is 0 Å². The van der Waals surface area contributed by atoms with Crippen molar-refractivity contribution in [3.63, 3.8) is 0 Å². The van der Waals surface area contributed by atoms with Crippen LogP contribution < -0.4 is 16.0 Å². The first kappa shape index (κ1) is 21.1. The zero-order chi connectivity index (χ0) is 19.8. The lowest BCUT2D eigenvalue weighted by Crippen LogP contribution is -2.38. The minimum atomic E-state index is -0.103. The standard InChI is InChI=1S/C20H24Cl2N4O/c1-4-24-20(26-13(2)17-10-9-16(21)11-18(17)22)25-12-14-5-7-15(8-6-14)19(27)23-3/h5-11,13H,4,12H2,1-3H3,(H,23,27)(H2,24,25,26). The number of hydrogen-bond acceptors (Lipinski definition) is 2. The largest absolute Gasteiger partial charge is 0.357 e. The second kappa shape index (κ2) is 10.2. The number of carbonyl (C=O) groups is 1. The summed E-state index contributed by atoms with van der Waals surface area (Å²) in [5.74, 6) is 0.583. The number of hydrogen-bond donors (Lipinski definition) is 3. The molecule has 3 N–H and O–H groups in total. The maximum atomic E-state index is 11.6. The lowest BCUT2D eigenvalue weighted by atomic mass is 10.1. The van der Waals surface area contributed by atoms with Gasteiger partial charge in [-0.1, -0.05) is 41.4 Å². The molecule has 7 heteroatoms. The lowest BCUT2D eigenvalue weighted by molar-refractivity contribution is 0.0963. The molecule has 2 rings (SSSR count). The molecular weight excluding hydrogens is 383 g/mol. The average Bonchev–Trinajstić information content (AvgIpc) is 2.66. The van der Waals surface area contributed by atoms with Gasteiger partial charge in [-0.15, -0.1) is 0 Å². The van der Waals surface area contributed by atoms with Crippen LogP contribution in [-0.4, -0.2) is 25.5 Å². The number of nitrogens with one attached hydrogen (secondary N) is 3. The van der Waals surface area contributed by atoms with Crippen LogP contribution in [0.2, 0.25) is 10.0 Å². The summed E-state index contributed by atoms with van der Waals surface area (Å²) < 4.78 is 0. The maximum absolute atomic E-state index is 11.6. The van der Waals surface area contributed by atoms with Crippen LogP contribution in [0.5, 0.6) is 0 Å². The molecule has 0 aliphatic rings. The molecule has 27 heavy (non-hydrogen) atoms. The van der Waals surface area contributed by atoms with Crippen molar-refractivity contribution in [3.05, 3.63) is 69.2 Å². The van der Waals surface area contributed by atoms with Gasteiger partial charge in [0.1, 0.15) is 0 Å². The Labute approximate surface area is 170 Å². The summed E-state index contributed by atoms with van der Waals surface area (Å²) in [5, 5.41) is 10.4. The molecular formula is C20H24Cl2N4O. The molecule has 0 saturated heterocycles. The average molecular weight is 407 g/mol. The van der Waals surface area contributed by atoms with Gasteiger partial charge in [-0.25, -0.2) is 4.99 Å². The molecule has 0 saturated carbocycles. The fraction of sp³-hybridized carbons (Fsp3) is 0.300. The molecule has 2 aromatic rings. The van der Waals surface area contributed by atoms with E-state index < -0.39 is 0 Å². The summed E-state index contributed by atoms with van der Waals surface area (Å²) in [6.45, 7) is 5.25. The fourth-order valence-corrected chi connectivity index (χ4v) is 3.10. The highest BCUT2D eigenvalue weighted by Crippen LogP contribution is 2.26. The summed E-state index contributed by atoms with van der Waals surface area (Å²) in [6.07, 6.45) is 0. The van der Waals surface area contributed by atoms with Gasteiger partial charge >= 0.3 is 0 Å². The van der Waals surface area contributed by atoms with Gasteiger partial charge < -0.3 is 16.0 Å². The van der Waals surface area contributed by atoms with Gasteiger partial charge in [-0.05, 0) is 49.2 Å². The summed E-state index contributed by atoms with van der Waals surface area (Å²) in [4.78, 5) is 16.2. The van der Waals surface area contributed by atoms with E-state index >= 15 is 0 Å². The number of aliphatic imine (C=N–C) groups is 1. The van der Waals surface area contributed by atoms with Crippen molar-refractivity contribution in [2.75, 3.05) is 13.6 Å². The van der Waals surface area contributed by atoms with E-state index in [-0.39, 0.29) is 11.9 Å². The van der Waals surface area contributed by atoms with Crippen LogP contribution in [0.15, 0.2) is 47.5 Å². The fourth-order valence-electron chi connectivity index (χ4n) is 2.53. The Kier molecular flexibility index (Phi) is 7.95. The summed E-state index contributed by atoms with van der Waals surface area (Å²) >= 11 is 12.3. The predicted molar refractivity (Wildman–Crippen MR) is 113 cm³/mol. The van der Waals surface area contributed by atoms with Gasteiger partial charge in [0.05, 0.1) is 12.6 Å². The highest BCUT2D eigenvalue weighted by molar-refractivity contribution is 6.35. The number of halogens is 2. The van der Waals surface area contributed by atoms with E-state index in [9.17, 15) is 4.79 Å². The third-order valence-corrected chi connectivity index (χ3v) is 4.55. The van der Waals surface area contributed by atoms with Gasteiger partial charge in [0, 0.05) is 29.2 Å². The molecule has 0 radical (unpaired) electrons. The minimum absolute atomic E-state index is 0.0387. The first-order chi connectivity index (χ1) is 12.9. The zero-order valence-corrected chi connectivity index (χ0v) is 17.2. The Hall–Kier alpha value is -2.24. The van der Waals surface area contributed by atoms with Gasteiger partial charge in [-0.3, -0.25) is 4.79 Å². The summed E-state index contributed by atoms with van der Waals surface area (Å²) in [5.41, 5.74) is 2.58. The van der Waals surface area contributed by atoms with Crippen LogP contribution in [0.1, 0.15) is 41.4 Å². The van der Waals surface area contributed by atoms with Crippen LogP contribution in [0.3, 0.4) is 0 Å². The smallest absolute Gasteiger partial charge is 0.251 e. The van der Waals surface area contributed by atoms with Crippen molar-refractivity contribution in [3.8, 4) is 0 Å². The van der Waals surface area contributed by atoms with Gasteiger partial charge in [-0.2, -0.15) is 0 Å². The lowest BCUT2D eigenvalue weighted by Gasteiger charge is -2.19. The van der Waals surface area contributed by atoms with Gasteiger partial charge in [0.25, 0.3) is 5.91 Å². The zero-order valence-electron chi connectivity index (χ0n) is 15.6. The molecule has 0 aliphatic carbocycles. The van der Waals surface area contributed by atoms with E-state index in [0.717, 1.165) is 17.7 Å². The molecule has 1 atom stereocenters. The quantitative estimate of drug-likeness (QED) is 0.498. The van der Waals surface area contributed by atoms with Crippen LogP contribution in [0.25, 0.3) is 0 Å².